The average molecular weight is 224 g/mol. The molecule has 1 aromatic heterocycles. The Morgan fingerprint density at radius 2 is 2.19 bits per heavy atom. The molecule has 0 bridgehead atoms. The Hall–Kier alpha value is -1.78. The van der Waals surface area contributed by atoms with E-state index in [1.807, 2.05) is 0 Å². The highest BCUT2D eigenvalue weighted by Crippen LogP contribution is 2.06. The lowest BCUT2D eigenvalue weighted by atomic mass is 10.2. The van der Waals surface area contributed by atoms with Crippen LogP contribution in [-0.4, -0.2) is 11.7 Å². The number of carbonyl (C=O) groups is 1. The van der Waals surface area contributed by atoms with Gasteiger partial charge in [-0.15, -0.1) is 0 Å². The molecule has 0 fully saturated rings. The highest BCUT2D eigenvalue weighted by atomic mass is 16.6. The first-order valence-electron chi connectivity index (χ1n) is 5.02. The normalized spacial score (nSPS) is 10.9. The molecule has 5 heteroatoms. The van der Waals surface area contributed by atoms with Gasteiger partial charge in [0, 0.05) is 12.1 Å². The Morgan fingerprint density at radius 1 is 1.50 bits per heavy atom. The van der Waals surface area contributed by atoms with E-state index in [9.17, 15) is 10.0 Å². The van der Waals surface area contributed by atoms with E-state index >= 15 is 0 Å². The molecule has 1 rings (SSSR count). The maximum absolute atomic E-state index is 11.3. The van der Waals surface area contributed by atoms with Crippen LogP contribution >= 0.6 is 0 Å². The third-order valence-corrected chi connectivity index (χ3v) is 1.72. The van der Waals surface area contributed by atoms with E-state index in [-0.39, 0.29) is 6.54 Å². The van der Waals surface area contributed by atoms with Crippen LogP contribution in [0.4, 0.5) is 4.79 Å². The quantitative estimate of drug-likeness (QED) is 0.609. The van der Waals surface area contributed by atoms with Crippen molar-refractivity contribution in [1.29, 1.82) is 0 Å². The fourth-order valence-electron chi connectivity index (χ4n) is 1.08. The fourth-order valence-corrected chi connectivity index (χ4v) is 1.08. The zero-order valence-corrected chi connectivity index (χ0v) is 9.69. The summed E-state index contributed by atoms with van der Waals surface area (Å²) < 4.78 is 5.74. The minimum atomic E-state index is -0.534. The number of hydrogen-bond acceptors (Lipinski definition) is 3. The summed E-state index contributed by atoms with van der Waals surface area (Å²) in [7, 11) is 0. The smallest absolute Gasteiger partial charge is 0.408 e. The summed E-state index contributed by atoms with van der Waals surface area (Å²) in [5.74, 6) is 0. The Bertz CT molecular complexity index is 372. The second-order valence-electron chi connectivity index (χ2n) is 4.37. The molecule has 0 saturated heterocycles. The number of alkyl carbamates (subject to hydrolysis) is 1. The van der Waals surface area contributed by atoms with Gasteiger partial charge in [-0.1, -0.05) is 0 Å². The zero-order chi connectivity index (χ0) is 12.2. The molecule has 0 aromatic carbocycles. The van der Waals surface area contributed by atoms with Gasteiger partial charge in [-0.05, 0) is 26.8 Å². The molecular formula is C11H16N2O3. The number of ether oxygens (including phenoxy) is 1. The number of nitrogens with zero attached hydrogens (tertiary/aromatic N) is 1. The summed E-state index contributed by atoms with van der Waals surface area (Å²) in [6, 6.07) is 5.01. The van der Waals surface area contributed by atoms with Crippen molar-refractivity contribution in [2.75, 3.05) is 0 Å². The first-order chi connectivity index (χ1) is 7.38. The van der Waals surface area contributed by atoms with Crippen LogP contribution in [-0.2, 0) is 11.3 Å². The van der Waals surface area contributed by atoms with Gasteiger partial charge in [0.2, 0.25) is 5.69 Å². The molecule has 0 aliphatic carbocycles. The molecule has 0 atom stereocenters. The lowest BCUT2D eigenvalue weighted by Crippen LogP contribution is -2.37. The fraction of sp³-hybridized carbons (Fsp3) is 0.455. The molecule has 1 N–H and O–H groups in total. The number of hydrogen-bond donors (Lipinski definition) is 1. The van der Waals surface area contributed by atoms with Gasteiger partial charge >= 0.3 is 6.09 Å². The van der Waals surface area contributed by atoms with E-state index < -0.39 is 11.7 Å². The van der Waals surface area contributed by atoms with Crippen molar-refractivity contribution < 1.29 is 14.3 Å². The highest BCUT2D eigenvalue weighted by molar-refractivity contribution is 5.67. The molecular weight excluding hydrogens is 208 g/mol. The summed E-state index contributed by atoms with van der Waals surface area (Å²) in [5.41, 5.74) is -0.0674. The van der Waals surface area contributed by atoms with Gasteiger partial charge in [0.15, 0.2) is 6.20 Å². The molecule has 0 aliphatic rings. The molecule has 1 amide bonds. The van der Waals surface area contributed by atoms with Crippen LogP contribution in [0, 0.1) is 5.21 Å². The van der Waals surface area contributed by atoms with Crippen LogP contribution in [0.25, 0.3) is 0 Å². The standard InChI is InChI=1S/C11H16N2O3/c1-11(2,3)16-10(14)12-8-9-6-4-5-7-13(9)15/h4-7H,8H2,1-3H3,(H,12,14). The van der Waals surface area contributed by atoms with Crippen LogP contribution in [0.1, 0.15) is 26.5 Å². The maximum atomic E-state index is 11.3. The SMILES string of the molecule is CC(C)(C)OC(=O)NCc1cccc[n+]1[O-]. The van der Waals surface area contributed by atoms with Crippen LogP contribution in [0.2, 0.25) is 0 Å². The molecule has 0 spiro atoms. The van der Waals surface area contributed by atoms with Gasteiger partial charge < -0.3 is 15.3 Å². The molecule has 0 radical (unpaired) electrons. The molecule has 1 heterocycles. The molecule has 5 nitrogen and oxygen atoms in total. The predicted molar refractivity (Wildman–Crippen MR) is 58.5 cm³/mol. The average Bonchev–Trinajstić information content (AvgIpc) is 2.14. The van der Waals surface area contributed by atoms with Crippen LogP contribution in [0.5, 0.6) is 0 Å². The third kappa shape index (κ3) is 4.16. The van der Waals surface area contributed by atoms with Crippen molar-refractivity contribution in [3.05, 3.63) is 35.3 Å². The van der Waals surface area contributed by atoms with Gasteiger partial charge in [0.25, 0.3) is 0 Å². The van der Waals surface area contributed by atoms with Crippen LogP contribution in [0.3, 0.4) is 0 Å². The first kappa shape index (κ1) is 12.3. The Balaban J connectivity index is 2.47. The van der Waals surface area contributed by atoms with E-state index in [4.69, 9.17) is 4.74 Å². The number of rotatable bonds is 2. The zero-order valence-electron chi connectivity index (χ0n) is 9.69. The van der Waals surface area contributed by atoms with Gasteiger partial charge in [0.1, 0.15) is 12.1 Å². The van der Waals surface area contributed by atoms with E-state index in [1.165, 1.54) is 6.20 Å². The van der Waals surface area contributed by atoms with Crippen molar-refractivity contribution >= 4 is 6.09 Å². The summed E-state index contributed by atoms with van der Waals surface area (Å²) in [6.45, 7) is 5.49. The van der Waals surface area contributed by atoms with E-state index in [1.54, 1.807) is 39.0 Å². The van der Waals surface area contributed by atoms with Crippen LogP contribution in [0.15, 0.2) is 24.4 Å². The Kier molecular flexibility index (Phi) is 3.71. The minimum absolute atomic E-state index is 0.152. The second kappa shape index (κ2) is 4.83. The van der Waals surface area contributed by atoms with Crippen LogP contribution < -0.4 is 10.0 Å². The predicted octanol–water partition coefficient (Wildman–Crippen LogP) is 1.34. The molecule has 0 saturated carbocycles. The van der Waals surface area contributed by atoms with E-state index in [0.29, 0.717) is 10.4 Å². The second-order valence-corrected chi connectivity index (χ2v) is 4.37. The summed E-state index contributed by atoms with van der Waals surface area (Å²) >= 11 is 0. The third-order valence-electron chi connectivity index (χ3n) is 1.72. The highest BCUT2D eigenvalue weighted by Gasteiger charge is 2.16. The van der Waals surface area contributed by atoms with Gasteiger partial charge in [-0.25, -0.2) is 4.79 Å². The van der Waals surface area contributed by atoms with Gasteiger partial charge in [-0.2, -0.15) is 4.73 Å². The molecule has 88 valence electrons. The Morgan fingerprint density at radius 3 is 2.75 bits per heavy atom. The summed E-state index contributed by atoms with van der Waals surface area (Å²) in [6.07, 6.45) is 0.850. The number of amides is 1. The molecule has 16 heavy (non-hydrogen) atoms. The van der Waals surface area contributed by atoms with Crippen molar-refractivity contribution in [2.45, 2.75) is 32.9 Å². The number of pyridine rings is 1. The largest absolute Gasteiger partial charge is 0.618 e. The number of nitrogens with one attached hydrogen (secondary N) is 1. The maximum Gasteiger partial charge on any atom is 0.408 e. The summed E-state index contributed by atoms with van der Waals surface area (Å²) in [5, 5.41) is 13.8. The topological polar surface area (TPSA) is 65.3 Å². The Labute approximate surface area is 94.6 Å². The van der Waals surface area contributed by atoms with Crippen molar-refractivity contribution in [3.63, 3.8) is 0 Å². The van der Waals surface area contributed by atoms with Gasteiger partial charge in [-0.3, -0.25) is 0 Å². The lowest BCUT2D eigenvalue weighted by molar-refractivity contribution is -0.614. The molecule has 0 aliphatic heterocycles. The van der Waals surface area contributed by atoms with Crippen molar-refractivity contribution in [2.24, 2.45) is 0 Å². The van der Waals surface area contributed by atoms with Crippen molar-refractivity contribution in [1.82, 2.24) is 5.32 Å². The number of aromatic nitrogens is 1. The molecule has 0 unspecified atom stereocenters. The lowest BCUT2D eigenvalue weighted by Gasteiger charge is -2.19. The minimum Gasteiger partial charge on any atom is -0.618 e. The first-order valence-corrected chi connectivity index (χ1v) is 5.02. The van der Waals surface area contributed by atoms with E-state index in [2.05, 4.69) is 5.32 Å². The monoisotopic (exact) mass is 224 g/mol. The van der Waals surface area contributed by atoms with Gasteiger partial charge in [0.05, 0.1) is 0 Å². The van der Waals surface area contributed by atoms with E-state index in [0.717, 1.165) is 0 Å². The summed E-state index contributed by atoms with van der Waals surface area (Å²) in [4.78, 5) is 11.3. The van der Waals surface area contributed by atoms with Crippen molar-refractivity contribution in [3.8, 4) is 0 Å². The molecule has 1 aromatic rings. The number of carbonyl (C=O) groups excluding carboxylic acids is 1.